The summed E-state index contributed by atoms with van der Waals surface area (Å²) in [6.07, 6.45) is 2.08. The summed E-state index contributed by atoms with van der Waals surface area (Å²) in [6, 6.07) is 2.03. The van der Waals surface area contributed by atoms with Gasteiger partial charge >= 0.3 is 0 Å². The maximum absolute atomic E-state index is 6.10. The van der Waals surface area contributed by atoms with E-state index in [1.165, 1.54) is 16.8 Å². The highest BCUT2D eigenvalue weighted by Crippen LogP contribution is 2.42. The Bertz CT molecular complexity index is 376. The molecule has 0 amide bonds. The molecule has 2 aliphatic heterocycles. The average Bonchev–Trinajstić information content (AvgIpc) is 2.66. The van der Waals surface area contributed by atoms with Crippen molar-refractivity contribution < 1.29 is 4.74 Å². The van der Waals surface area contributed by atoms with Gasteiger partial charge in [0.05, 0.1) is 11.6 Å². The standard InChI is InChI=1S/C10H10ClNO/c11-8-5-6-1-3-12-9(6)7-2-4-13-10(7)8/h5,12H,1-4H2. The van der Waals surface area contributed by atoms with Crippen LogP contribution in [0.3, 0.4) is 0 Å². The van der Waals surface area contributed by atoms with E-state index in [0.29, 0.717) is 0 Å². The topological polar surface area (TPSA) is 21.3 Å². The Balaban J connectivity index is 2.28. The van der Waals surface area contributed by atoms with Crippen LogP contribution in [0.2, 0.25) is 5.02 Å². The van der Waals surface area contributed by atoms with Gasteiger partial charge in [0, 0.05) is 24.2 Å². The quantitative estimate of drug-likeness (QED) is 0.686. The van der Waals surface area contributed by atoms with Crippen LogP contribution in [0.25, 0.3) is 0 Å². The first-order chi connectivity index (χ1) is 6.36. The predicted molar refractivity (Wildman–Crippen MR) is 52.8 cm³/mol. The fourth-order valence-corrected chi connectivity index (χ4v) is 2.43. The molecule has 68 valence electrons. The van der Waals surface area contributed by atoms with Crippen LogP contribution < -0.4 is 10.1 Å². The Morgan fingerprint density at radius 2 is 2.31 bits per heavy atom. The van der Waals surface area contributed by atoms with Crippen LogP contribution in [0.15, 0.2) is 6.07 Å². The minimum absolute atomic E-state index is 0.771. The molecule has 0 saturated carbocycles. The Morgan fingerprint density at radius 1 is 1.38 bits per heavy atom. The monoisotopic (exact) mass is 195 g/mol. The molecule has 2 nitrogen and oxygen atoms in total. The van der Waals surface area contributed by atoms with Crippen LogP contribution in [0.1, 0.15) is 11.1 Å². The lowest BCUT2D eigenvalue weighted by molar-refractivity contribution is 0.357. The van der Waals surface area contributed by atoms with Crippen molar-refractivity contribution in [3.8, 4) is 5.75 Å². The van der Waals surface area contributed by atoms with Crippen LogP contribution >= 0.6 is 11.6 Å². The SMILES string of the molecule is Clc1cc2c(c3c1OCC3)NCC2. The number of rotatable bonds is 0. The van der Waals surface area contributed by atoms with E-state index >= 15 is 0 Å². The van der Waals surface area contributed by atoms with Crippen molar-refractivity contribution in [1.29, 1.82) is 0 Å². The predicted octanol–water partition coefficient (Wildman–Crippen LogP) is 2.24. The van der Waals surface area contributed by atoms with Crippen molar-refractivity contribution in [3.05, 3.63) is 22.2 Å². The third-order valence-electron chi connectivity index (χ3n) is 2.71. The van der Waals surface area contributed by atoms with Gasteiger partial charge in [-0.2, -0.15) is 0 Å². The van der Waals surface area contributed by atoms with Crippen molar-refractivity contribution >= 4 is 17.3 Å². The molecule has 0 unspecified atom stereocenters. The number of hydrogen-bond donors (Lipinski definition) is 1. The minimum Gasteiger partial charge on any atom is -0.491 e. The molecule has 0 bridgehead atoms. The summed E-state index contributed by atoms with van der Waals surface area (Å²) >= 11 is 6.10. The molecule has 3 rings (SSSR count). The van der Waals surface area contributed by atoms with Crippen molar-refractivity contribution in [1.82, 2.24) is 0 Å². The molecule has 13 heavy (non-hydrogen) atoms. The molecule has 2 aliphatic rings. The van der Waals surface area contributed by atoms with E-state index in [4.69, 9.17) is 16.3 Å². The lowest BCUT2D eigenvalue weighted by atomic mass is 10.1. The molecule has 0 aromatic heterocycles. The molecule has 3 heteroatoms. The van der Waals surface area contributed by atoms with Crippen molar-refractivity contribution in [2.24, 2.45) is 0 Å². The highest BCUT2D eigenvalue weighted by atomic mass is 35.5. The number of benzene rings is 1. The molecular weight excluding hydrogens is 186 g/mol. The van der Waals surface area contributed by atoms with E-state index in [2.05, 4.69) is 5.32 Å². The molecule has 0 saturated heterocycles. The van der Waals surface area contributed by atoms with Gasteiger partial charge in [-0.25, -0.2) is 0 Å². The molecule has 1 aromatic rings. The van der Waals surface area contributed by atoms with Crippen molar-refractivity contribution in [3.63, 3.8) is 0 Å². The molecule has 2 heterocycles. The third kappa shape index (κ3) is 0.953. The maximum atomic E-state index is 6.10. The van der Waals surface area contributed by atoms with Gasteiger partial charge in [-0.05, 0) is 18.1 Å². The first kappa shape index (κ1) is 7.51. The van der Waals surface area contributed by atoms with Gasteiger partial charge in [0.25, 0.3) is 0 Å². The van der Waals surface area contributed by atoms with Gasteiger partial charge in [0.15, 0.2) is 0 Å². The highest BCUT2D eigenvalue weighted by molar-refractivity contribution is 6.32. The number of nitrogens with one attached hydrogen (secondary N) is 1. The van der Waals surface area contributed by atoms with Crippen molar-refractivity contribution in [2.75, 3.05) is 18.5 Å². The van der Waals surface area contributed by atoms with Crippen molar-refractivity contribution in [2.45, 2.75) is 12.8 Å². The number of fused-ring (bicyclic) bond motifs is 3. The van der Waals surface area contributed by atoms with E-state index in [1.54, 1.807) is 0 Å². The van der Waals surface area contributed by atoms with Gasteiger partial charge in [0.1, 0.15) is 5.75 Å². The summed E-state index contributed by atoms with van der Waals surface area (Å²) in [5, 5.41) is 4.16. The highest BCUT2D eigenvalue weighted by Gasteiger charge is 2.24. The summed E-state index contributed by atoms with van der Waals surface area (Å²) in [5.41, 5.74) is 3.89. The second-order valence-corrected chi connectivity index (χ2v) is 3.88. The van der Waals surface area contributed by atoms with Gasteiger partial charge in [-0.3, -0.25) is 0 Å². The van der Waals surface area contributed by atoms with E-state index < -0.39 is 0 Å². The van der Waals surface area contributed by atoms with Gasteiger partial charge in [0.2, 0.25) is 0 Å². The number of ether oxygens (including phenoxy) is 1. The first-order valence-electron chi connectivity index (χ1n) is 4.57. The Morgan fingerprint density at radius 3 is 3.23 bits per heavy atom. The lowest BCUT2D eigenvalue weighted by Crippen LogP contribution is -1.94. The number of anilines is 1. The molecule has 0 aliphatic carbocycles. The summed E-state index contributed by atoms with van der Waals surface area (Å²) < 4.78 is 5.48. The summed E-state index contributed by atoms with van der Waals surface area (Å²) in [7, 11) is 0. The number of hydrogen-bond acceptors (Lipinski definition) is 2. The maximum Gasteiger partial charge on any atom is 0.143 e. The Hall–Kier alpha value is -0.890. The Kier molecular flexibility index (Phi) is 1.47. The van der Waals surface area contributed by atoms with Gasteiger partial charge in [-0.1, -0.05) is 11.6 Å². The first-order valence-corrected chi connectivity index (χ1v) is 4.95. The molecule has 0 atom stereocenters. The number of halogens is 1. The molecule has 1 aromatic carbocycles. The molecular formula is C10H10ClNO. The summed E-state index contributed by atoms with van der Waals surface area (Å²) in [4.78, 5) is 0. The van der Waals surface area contributed by atoms with E-state index in [0.717, 1.165) is 36.8 Å². The van der Waals surface area contributed by atoms with E-state index in [1.807, 2.05) is 6.07 Å². The summed E-state index contributed by atoms with van der Waals surface area (Å²) in [5.74, 6) is 0.898. The van der Waals surface area contributed by atoms with Crippen LogP contribution in [0, 0.1) is 0 Å². The third-order valence-corrected chi connectivity index (χ3v) is 2.99. The summed E-state index contributed by atoms with van der Waals surface area (Å²) in [6.45, 7) is 1.80. The zero-order valence-electron chi connectivity index (χ0n) is 7.19. The Labute approximate surface area is 81.8 Å². The molecule has 0 radical (unpaired) electrons. The molecule has 0 spiro atoms. The smallest absolute Gasteiger partial charge is 0.143 e. The van der Waals surface area contributed by atoms with Gasteiger partial charge in [-0.15, -0.1) is 0 Å². The second-order valence-electron chi connectivity index (χ2n) is 3.48. The van der Waals surface area contributed by atoms with Crippen LogP contribution in [-0.2, 0) is 12.8 Å². The normalized spacial score (nSPS) is 17.6. The zero-order chi connectivity index (χ0) is 8.84. The second kappa shape index (κ2) is 2.55. The van der Waals surface area contributed by atoms with E-state index in [9.17, 15) is 0 Å². The molecule has 0 fully saturated rings. The van der Waals surface area contributed by atoms with Crippen LogP contribution in [-0.4, -0.2) is 13.2 Å². The zero-order valence-corrected chi connectivity index (χ0v) is 7.95. The molecule has 1 N–H and O–H groups in total. The van der Waals surface area contributed by atoms with Crippen LogP contribution in [0.4, 0.5) is 5.69 Å². The van der Waals surface area contributed by atoms with E-state index in [-0.39, 0.29) is 0 Å². The van der Waals surface area contributed by atoms with Crippen LogP contribution in [0.5, 0.6) is 5.75 Å². The fourth-order valence-electron chi connectivity index (χ4n) is 2.13. The largest absolute Gasteiger partial charge is 0.491 e. The average molecular weight is 196 g/mol. The minimum atomic E-state index is 0.771. The fraction of sp³-hybridized carbons (Fsp3) is 0.400. The van der Waals surface area contributed by atoms with Gasteiger partial charge < -0.3 is 10.1 Å². The lowest BCUT2D eigenvalue weighted by Gasteiger charge is -2.07.